The molecule has 0 aromatic rings. The van der Waals surface area contributed by atoms with Crippen LogP contribution in [0.5, 0.6) is 0 Å². The van der Waals surface area contributed by atoms with Crippen molar-refractivity contribution in [2.24, 2.45) is 0 Å². The van der Waals surface area contributed by atoms with E-state index in [0.29, 0.717) is 6.54 Å². The predicted octanol–water partition coefficient (Wildman–Crippen LogP) is 0.435. The smallest absolute Gasteiger partial charge is 0.242 e. The Hall–Kier alpha value is 0.890. The molecular formula is C3H6I2N2O. The number of hydrogen-bond acceptors (Lipinski definition) is 2. The molecule has 8 heavy (non-hydrogen) atoms. The van der Waals surface area contributed by atoms with Gasteiger partial charge in [0, 0.05) is 4.55 Å². The van der Waals surface area contributed by atoms with Crippen molar-refractivity contribution in [1.82, 2.24) is 8.85 Å². The van der Waals surface area contributed by atoms with Crippen LogP contribution in [0, 0.1) is 0 Å². The van der Waals surface area contributed by atoms with Gasteiger partial charge in [0.2, 0.25) is 5.91 Å². The van der Waals surface area contributed by atoms with Gasteiger partial charge in [-0.05, 0) is 0 Å². The molecule has 2 N–H and O–H groups in total. The van der Waals surface area contributed by atoms with Gasteiger partial charge in [0.25, 0.3) is 0 Å². The van der Waals surface area contributed by atoms with Crippen molar-refractivity contribution in [3.8, 4) is 0 Å². The summed E-state index contributed by atoms with van der Waals surface area (Å²) in [6.45, 7) is 0.409. The minimum absolute atomic E-state index is 0.0160. The van der Waals surface area contributed by atoms with Crippen LogP contribution in [0.25, 0.3) is 0 Å². The molecule has 0 aliphatic carbocycles. The van der Waals surface area contributed by atoms with Gasteiger partial charge in [0.1, 0.15) is 0 Å². The maximum absolute atomic E-state index is 10.4. The van der Waals surface area contributed by atoms with E-state index in [1.165, 1.54) is 0 Å². The number of rotatable bonds is 3. The summed E-state index contributed by atoms with van der Waals surface area (Å²) >= 11 is 3.95. The summed E-state index contributed by atoms with van der Waals surface area (Å²) in [6.07, 6.45) is 0. The van der Waals surface area contributed by atoms with Gasteiger partial charge in [0.15, 0.2) is 0 Å². The normalized spacial score (nSPS) is 8.75. The lowest BCUT2D eigenvalue weighted by molar-refractivity contribution is -0.117. The molecule has 0 aromatic carbocycles. The Morgan fingerprint density at radius 3 is 2.62 bits per heavy atom. The molecule has 0 aromatic heterocycles. The molecule has 1 amide bonds. The van der Waals surface area contributed by atoms with E-state index in [-0.39, 0.29) is 5.91 Å². The van der Waals surface area contributed by atoms with Crippen molar-refractivity contribution >= 4 is 51.4 Å². The SMILES string of the molecule is O=C(CNCI)NI. The third kappa shape index (κ3) is 5.04. The number of carbonyl (C=O) groups excluding carboxylic acids is 1. The van der Waals surface area contributed by atoms with Gasteiger partial charge < -0.3 is 0 Å². The summed E-state index contributed by atoms with van der Waals surface area (Å²) < 4.78 is 3.27. The second-order valence-electron chi connectivity index (χ2n) is 1.08. The molecule has 5 heteroatoms. The standard InChI is InChI=1S/C3H6I2N2O/c4-2-6-1-3(8)7-5/h6H,1-2H2,(H,7,8). The van der Waals surface area contributed by atoms with Gasteiger partial charge in [-0.3, -0.25) is 13.6 Å². The average molecular weight is 340 g/mol. The monoisotopic (exact) mass is 340 g/mol. The highest BCUT2D eigenvalue weighted by molar-refractivity contribution is 14.1. The highest BCUT2D eigenvalue weighted by Gasteiger charge is 1.92. The number of nitrogens with one attached hydrogen (secondary N) is 2. The fraction of sp³-hybridized carbons (Fsp3) is 0.667. The minimum atomic E-state index is 0.0160. The number of amides is 1. The summed E-state index contributed by atoms with van der Waals surface area (Å²) in [7, 11) is 0. The average Bonchev–Trinajstić information content (AvgIpc) is 1.83. The molecule has 0 radical (unpaired) electrons. The highest BCUT2D eigenvalue weighted by Crippen LogP contribution is 1.74. The zero-order valence-electron chi connectivity index (χ0n) is 4.08. The van der Waals surface area contributed by atoms with Crippen LogP contribution in [-0.2, 0) is 4.79 Å². The number of carbonyl (C=O) groups is 1. The summed E-state index contributed by atoms with van der Waals surface area (Å²) in [6, 6.07) is 0. The molecule has 48 valence electrons. The molecule has 3 nitrogen and oxygen atoms in total. The summed E-state index contributed by atoms with van der Waals surface area (Å²) in [5.41, 5.74) is 0. The van der Waals surface area contributed by atoms with Gasteiger partial charge in [0.05, 0.1) is 29.4 Å². The molecule has 0 atom stereocenters. The van der Waals surface area contributed by atoms with Crippen LogP contribution < -0.4 is 8.85 Å². The Bertz CT molecular complexity index is 77.7. The zero-order chi connectivity index (χ0) is 6.41. The van der Waals surface area contributed by atoms with Crippen molar-refractivity contribution in [1.29, 1.82) is 0 Å². The third-order valence-corrected chi connectivity index (χ3v) is 1.63. The van der Waals surface area contributed by atoms with Crippen LogP contribution in [0.15, 0.2) is 0 Å². The van der Waals surface area contributed by atoms with E-state index in [9.17, 15) is 4.79 Å². The third-order valence-electron chi connectivity index (χ3n) is 0.485. The molecular weight excluding hydrogens is 334 g/mol. The number of alkyl halides is 1. The summed E-state index contributed by atoms with van der Waals surface area (Å²) in [5, 5.41) is 2.87. The summed E-state index contributed by atoms with van der Waals surface area (Å²) in [5.74, 6) is 0.0160. The van der Waals surface area contributed by atoms with Crippen LogP contribution in [0.3, 0.4) is 0 Å². The molecule has 0 bridgehead atoms. The van der Waals surface area contributed by atoms with E-state index >= 15 is 0 Å². The van der Waals surface area contributed by atoms with Crippen LogP contribution >= 0.6 is 45.5 Å². The zero-order valence-corrected chi connectivity index (χ0v) is 8.39. The molecule has 0 spiro atoms. The quantitative estimate of drug-likeness (QED) is 0.339. The van der Waals surface area contributed by atoms with Crippen molar-refractivity contribution in [3.05, 3.63) is 0 Å². The molecule has 0 unspecified atom stereocenters. The Balaban J connectivity index is 2.99. The van der Waals surface area contributed by atoms with Gasteiger partial charge in [-0.15, -0.1) is 0 Å². The fourth-order valence-corrected chi connectivity index (χ4v) is 0.655. The van der Waals surface area contributed by atoms with Crippen molar-refractivity contribution in [3.63, 3.8) is 0 Å². The maximum atomic E-state index is 10.4. The molecule has 0 rings (SSSR count). The van der Waals surface area contributed by atoms with Gasteiger partial charge in [-0.25, -0.2) is 0 Å². The highest BCUT2D eigenvalue weighted by atomic mass is 127. The van der Waals surface area contributed by atoms with E-state index < -0.39 is 0 Å². The summed E-state index contributed by atoms with van der Waals surface area (Å²) in [4.78, 5) is 10.4. The molecule has 0 aliphatic heterocycles. The molecule has 0 heterocycles. The lowest BCUT2D eigenvalue weighted by Crippen LogP contribution is -2.27. The van der Waals surface area contributed by atoms with Crippen molar-refractivity contribution in [2.75, 3.05) is 11.1 Å². The Labute approximate surface area is 75.6 Å². The van der Waals surface area contributed by atoms with Crippen LogP contribution in [0.4, 0.5) is 0 Å². The van der Waals surface area contributed by atoms with Crippen LogP contribution in [0.1, 0.15) is 0 Å². The molecule has 0 fully saturated rings. The number of halogens is 2. The van der Waals surface area contributed by atoms with E-state index in [1.807, 2.05) is 22.9 Å². The van der Waals surface area contributed by atoms with Gasteiger partial charge in [-0.2, -0.15) is 0 Å². The topological polar surface area (TPSA) is 41.1 Å². The lowest BCUT2D eigenvalue weighted by atomic mass is 10.6. The maximum Gasteiger partial charge on any atom is 0.242 e. The van der Waals surface area contributed by atoms with Crippen molar-refractivity contribution in [2.45, 2.75) is 0 Å². The van der Waals surface area contributed by atoms with Crippen molar-refractivity contribution < 1.29 is 4.79 Å². The Morgan fingerprint density at radius 1 is 1.62 bits per heavy atom. The van der Waals surface area contributed by atoms with E-state index in [1.54, 1.807) is 0 Å². The van der Waals surface area contributed by atoms with Crippen LogP contribution in [0.2, 0.25) is 0 Å². The molecule has 0 aliphatic rings. The molecule has 0 saturated heterocycles. The van der Waals surface area contributed by atoms with Crippen LogP contribution in [-0.4, -0.2) is 17.0 Å². The first kappa shape index (κ1) is 8.89. The lowest BCUT2D eigenvalue weighted by Gasteiger charge is -1.94. The first-order chi connectivity index (χ1) is 3.81. The second-order valence-corrected chi connectivity index (χ2v) is 2.38. The van der Waals surface area contributed by atoms with E-state index in [4.69, 9.17) is 0 Å². The second kappa shape index (κ2) is 6.02. The van der Waals surface area contributed by atoms with Gasteiger partial charge >= 0.3 is 0 Å². The molecule has 0 saturated carbocycles. The van der Waals surface area contributed by atoms with E-state index in [0.717, 1.165) is 4.55 Å². The largest absolute Gasteiger partial charge is 0.299 e. The van der Waals surface area contributed by atoms with E-state index in [2.05, 4.69) is 31.4 Å². The van der Waals surface area contributed by atoms with Gasteiger partial charge in [-0.1, -0.05) is 22.6 Å². The Kier molecular flexibility index (Phi) is 6.69. The first-order valence-corrected chi connectivity index (χ1v) is 4.58. The minimum Gasteiger partial charge on any atom is -0.299 e. The first-order valence-electron chi connectivity index (χ1n) is 1.97. The fourth-order valence-electron chi connectivity index (χ4n) is 0.194. The Morgan fingerprint density at radius 2 is 2.25 bits per heavy atom. The predicted molar refractivity (Wildman–Crippen MR) is 49.1 cm³/mol. The number of hydrogen-bond donors (Lipinski definition) is 2.